The topological polar surface area (TPSA) is 0 Å². The van der Waals surface area contributed by atoms with Crippen molar-refractivity contribution in [3.05, 3.63) is 0 Å². The molecule has 0 unspecified atom stereocenters. The van der Waals surface area contributed by atoms with Gasteiger partial charge < -0.3 is 0 Å². The summed E-state index contributed by atoms with van der Waals surface area (Å²) >= 11 is 0. The molecule has 0 nitrogen and oxygen atoms in total. The molecule has 0 atom stereocenters. The Hall–Kier alpha value is 0.430. The Labute approximate surface area is 180 Å². The van der Waals surface area contributed by atoms with E-state index in [9.17, 15) is 0 Å². The highest BCUT2D eigenvalue weighted by atomic mass is 31.1. The van der Waals surface area contributed by atoms with E-state index >= 15 is 0 Å². The zero-order valence-corrected chi connectivity index (χ0v) is 20.7. The average Bonchev–Trinajstić information content (AvgIpc) is 3.32. The third-order valence-corrected chi connectivity index (χ3v) is 11.6. The lowest BCUT2D eigenvalue weighted by Gasteiger charge is -2.37. The van der Waals surface area contributed by atoms with Gasteiger partial charge in [-0.1, -0.05) is 104 Å². The van der Waals surface area contributed by atoms with Crippen molar-refractivity contribution in [2.45, 2.75) is 154 Å². The van der Waals surface area contributed by atoms with Gasteiger partial charge in [0.05, 0.1) is 0 Å². The molecule has 2 rings (SSSR count). The van der Waals surface area contributed by atoms with Crippen LogP contribution in [0.1, 0.15) is 149 Å². The summed E-state index contributed by atoms with van der Waals surface area (Å²) in [5, 5.41) is 0.877. The summed E-state index contributed by atoms with van der Waals surface area (Å²) in [5.74, 6) is 1.14. The van der Waals surface area contributed by atoms with Gasteiger partial charge in [0.25, 0.3) is 0 Å². The van der Waals surface area contributed by atoms with Crippen molar-refractivity contribution in [2.75, 3.05) is 12.3 Å². The highest BCUT2D eigenvalue weighted by Crippen LogP contribution is 2.66. The maximum absolute atomic E-state index is 2.32. The van der Waals surface area contributed by atoms with Crippen molar-refractivity contribution in [3.8, 4) is 0 Å². The van der Waals surface area contributed by atoms with Gasteiger partial charge in [0, 0.05) is 0 Å². The van der Waals surface area contributed by atoms with E-state index in [2.05, 4.69) is 13.8 Å². The second-order valence-corrected chi connectivity index (χ2v) is 13.2. The lowest BCUT2D eigenvalue weighted by atomic mass is 10.0. The van der Waals surface area contributed by atoms with Crippen LogP contribution in [-0.2, 0) is 0 Å². The second-order valence-electron chi connectivity index (χ2n) is 10.3. The number of hydrogen-bond donors (Lipinski definition) is 0. The Morgan fingerprint density at radius 1 is 0.571 bits per heavy atom. The van der Waals surface area contributed by atoms with Crippen molar-refractivity contribution < 1.29 is 0 Å². The van der Waals surface area contributed by atoms with Crippen molar-refractivity contribution in [1.29, 1.82) is 0 Å². The van der Waals surface area contributed by atoms with Crippen LogP contribution in [0.5, 0.6) is 0 Å². The molecule has 0 aromatic heterocycles. The maximum atomic E-state index is 2.32. The molecule has 0 amide bonds. The molecule has 2 aliphatic carbocycles. The molecule has 0 N–H and O–H groups in total. The largest absolute Gasteiger partial charge is 0.100 e. The Bertz CT molecular complexity index is 335. The van der Waals surface area contributed by atoms with E-state index in [0.29, 0.717) is 7.92 Å². The Kier molecular flexibility index (Phi) is 13.5. The smallest absolute Gasteiger partial charge is 0.00916 e. The summed E-state index contributed by atoms with van der Waals surface area (Å²) in [4.78, 5) is 0. The van der Waals surface area contributed by atoms with Gasteiger partial charge in [-0.25, -0.2) is 0 Å². The average molecular weight is 409 g/mol. The number of hydrogen-bond acceptors (Lipinski definition) is 0. The van der Waals surface area contributed by atoms with Gasteiger partial charge in [0.1, 0.15) is 0 Å². The fourth-order valence-corrected chi connectivity index (χ4v) is 9.86. The highest BCUT2D eigenvalue weighted by Gasteiger charge is 2.48. The third-order valence-electron chi connectivity index (χ3n) is 7.94. The van der Waals surface area contributed by atoms with Crippen LogP contribution in [-0.4, -0.2) is 17.5 Å². The molecule has 0 aromatic rings. The molecule has 0 radical (unpaired) electrons. The van der Waals surface area contributed by atoms with Gasteiger partial charge in [0.2, 0.25) is 0 Å². The van der Waals surface area contributed by atoms with Crippen molar-refractivity contribution in [3.63, 3.8) is 0 Å². The molecule has 28 heavy (non-hydrogen) atoms. The highest BCUT2D eigenvalue weighted by molar-refractivity contribution is 7.59. The minimum absolute atomic E-state index is 0.335. The standard InChI is InChI=1S/C27H53P/c1-3-5-7-9-11-13-15-17-23-28(27-21-19-26(25-27)20-22-27)24-18-16-14-12-10-8-6-4-2/h26H,3-25H2,1-2H3. The zero-order chi connectivity index (χ0) is 19.9. The molecule has 2 aliphatic rings. The summed E-state index contributed by atoms with van der Waals surface area (Å²) in [6.07, 6.45) is 35.2. The predicted molar refractivity (Wildman–Crippen MR) is 131 cm³/mol. The molecular formula is C27H53P. The SMILES string of the molecule is CCCCCCCCCCP(CCCCCCCCCC)C12CCC(CC1)C2. The van der Waals surface area contributed by atoms with Gasteiger partial charge in [-0.2, -0.15) is 0 Å². The first-order valence-electron chi connectivity index (χ1n) is 13.6. The molecule has 0 aliphatic heterocycles. The molecule has 2 fully saturated rings. The van der Waals surface area contributed by atoms with E-state index in [-0.39, 0.29) is 0 Å². The fourth-order valence-electron chi connectivity index (χ4n) is 6.07. The monoisotopic (exact) mass is 408 g/mol. The fraction of sp³-hybridized carbons (Fsp3) is 1.00. The normalized spacial score (nSPS) is 23.9. The summed E-state index contributed by atoms with van der Waals surface area (Å²) in [5.41, 5.74) is 0. The van der Waals surface area contributed by atoms with E-state index in [1.165, 1.54) is 89.9 Å². The lowest BCUT2D eigenvalue weighted by molar-refractivity contribution is 0.494. The first kappa shape index (κ1) is 24.7. The van der Waals surface area contributed by atoms with Crippen LogP contribution in [0, 0.1) is 5.92 Å². The molecule has 166 valence electrons. The Balaban J connectivity index is 1.60. The van der Waals surface area contributed by atoms with E-state index in [0.717, 1.165) is 11.1 Å². The van der Waals surface area contributed by atoms with Crippen LogP contribution in [0.15, 0.2) is 0 Å². The van der Waals surface area contributed by atoms with Gasteiger partial charge >= 0.3 is 0 Å². The molecule has 0 saturated heterocycles. The van der Waals surface area contributed by atoms with Crippen molar-refractivity contribution >= 4 is 7.92 Å². The molecule has 0 heterocycles. The van der Waals surface area contributed by atoms with Crippen LogP contribution >= 0.6 is 7.92 Å². The van der Waals surface area contributed by atoms with Gasteiger partial charge in [-0.05, 0) is 68.3 Å². The summed E-state index contributed by atoms with van der Waals surface area (Å²) in [6.45, 7) is 4.65. The third kappa shape index (κ3) is 9.06. The van der Waals surface area contributed by atoms with Crippen LogP contribution in [0.4, 0.5) is 0 Å². The van der Waals surface area contributed by atoms with Crippen LogP contribution in [0.3, 0.4) is 0 Å². The van der Waals surface area contributed by atoms with Crippen molar-refractivity contribution in [2.24, 2.45) is 5.92 Å². The summed E-state index contributed by atoms with van der Waals surface area (Å²) in [7, 11) is 0.335. The number of fused-ring (bicyclic) bond motifs is 2. The minimum atomic E-state index is 0.335. The van der Waals surface area contributed by atoms with E-state index in [1.54, 1.807) is 57.3 Å². The maximum Gasteiger partial charge on any atom is -0.00916 e. The van der Waals surface area contributed by atoms with E-state index < -0.39 is 0 Å². The van der Waals surface area contributed by atoms with Gasteiger partial charge in [0.15, 0.2) is 0 Å². The second kappa shape index (κ2) is 15.3. The molecular weight excluding hydrogens is 355 g/mol. The number of unbranched alkanes of at least 4 members (excludes halogenated alkanes) is 14. The van der Waals surface area contributed by atoms with Crippen LogP contribution in [0.2, 0.25) is 0 Å². The molecule has 0 aromatic carbocycles. The first-order chi connectivity index (χ1) is 13.8. The summed E-state index contributed by atoms with van der Waals surface area (Å²) < 4.78 is 0. The predicted octanol–water partition coefficient (Wildman–Crippen LogP) is 10.1. The number of rotatable bonds is 19. The van der Waals surface area contributed by atoms with Crippen molar-refractivity contribution in [1.82, 2.24) is 0 Å². The molecule has 1 heteroatoms. The lowest BCUT2D eigenvalue weighted by Crippen LogP contribution is -2.23. The van der Waals surface area contributed by atoms with Crippen LogP contribution in [0.25, 0.3) is 0 Å². The minimum Gasteiger partial charge on any atom is -0.100 e. The zero-order valence-electron chi connectivity index (χ0n) is 19.8. The summed E-state index contributed by atoms with van der Waals surface area (Å²) in [6, 6.07) is 0. The Morgan fingerprint density at radius 2 is 0.964 bits per heavy atom. The van der Waals surface area contributed by atoms with Gasteiger partial charge in [-0.3, -0.25) is 0 Å². The molecule has 2 bridgehead atoms. The quantitative estimate of drug-likeness (QED) is 0.147. The first-order valence-corrected chi connectivity index (χ1v) is 15.3. The van der Waals surface area contributed by atoms with E-state index in [1.807, 2.05) is 0 Å². The van der Waals surface area contributed by atoms with E-state index in [4.69, 9.17) is 0 Å². The molecule has 0 spiro atoms. The van der Waals surface area contributed by atoms with Crippen LogP contribution < -0.4 is 0 Å². The molecule has 2 saturated carbocycles. The Morgan fingerprint density at radius 3 is 1.32 bits per heavy atom. The van der Waals surface area contributed by atoms with Gasteiger partial charge in [-0.15, -0.1) is 7.92 Å².